The van der Waals surface area contributed by atoms with E-state index >= 15 is 0 Å². The standard InChI is InChI=1S/C18H16N2O5/c1-2-25-18(22)14-7-5-8-15(12-14)19-17(21)11-10-13-6-3-4-9-16(13)20(23)24/h3-12H,2H2,1H3,(H,19,21)/b11-10+. The zero-order valence-electron chi connectivity index (χ0n) is 13.5. The van der Waals surface area contributed by atoms with E-state index in [9.17, 15) is 19.7 Å². The number of hydrogen-bond donors (Lipinski definition) is 1. The summed E-state index contributed by atoms with van der Waals surface area (Å²) in [6.07, 6.45) is 2.56. The van der Waals surface area contributed by atoms with E-state index in [4.69, 9.17) is 4.74 Å². The lowest BCUT2D eigenvalue weighted by Crippen LogP contribution is -2.09. The summed E-state index contributed by atoms with van der Waals surface area (Å²) in [5.74, 6) is -0.951. The van der Waals surface area contributed by atoms with Gasteiger partial charge >= 0.3 is 5.97 Å². The number of nitrogens with one attached hydrogen (secondary N) is 1. The lowest BCUT2D eigenvalue weighted by molar-refractivity contribution is -0.385. The molecule has 0 aliphatic carbocycles. The Hall–Kier alpha value is -3.48. The van der Waals surface area contributed by atoms with E-state index in [1.54, 1.807) is 43.3 Å². The second kappa shape index (κ2) is 8.39. The lowest BCUT2D eigenvalue weighted by Gasteiger charge is -2.05. The third-order valence-electron chi connectivity index (χ3n) is 3.19. The van der Waals surface area contributed by atoms with Gasteiger partial charge in [-0.1, -0.05) is 18.2 Å². The highest BCUT2D eigenvalue weighted by Gasteiger charge is 2.10. The maximum absolute atomic E-state index is 12.0. The minimum Gasteiger partial charge on any atom is -0.462 e. The van der Waals surface area contributed by atoms with Gasteiger partial charge < -0.3 is 10.1 Å². The zero-order valence-corrected chi connectivity index (χ0v) is 13.5. The number of amides is 1. The van der Waals surface area contributed by atoms with Gasteiger partial charge in [-0.25, -0.2) is 4.79 Å². The normalized spacial score (nSPS) is 10.4. The summed E-state index contributed by atoms with van der Waals surface area (Å²) in [6.45, 7) is 1.96. The first-order valence-electron chi connectivity index (χ1n) is 7.51. The van der Waals surface area contributed by atoms with Gasteiger partial charge in [0.1, 0.15) is 0 Å². The molecule has 2 rings (SSSR count). The Labute approximate surface area is 144 Å². The molecule has 0 aromatic heterocycles. The molecule has 0 saturated heterocycles. The molecule has 0 unspecified atom stereocenters. The van der Waals surface area contributed by atoms with E-state index in [-0.39, 0.29) is 12.3 Å². The van der Waals surface area contributed by atoms with Crippen molar-refractivity contribution in [3.05, 3.63) is 75.8 Å². The first-order valence-corrected chi connectivity index (χ1v) is 7.51. The van der Waals surface area contributed by atoms with Crippen LogP contribution < -0.4 is 5.32 Å². The third-order valence-corrected chi connectivity index (χ3v) is 3.19. The van der Waals surface area contributed by atoms with E-state index < -0.39 is 16.8 Å². The number of carbonyl (C=O) groups is 2. The maximum Gasteiger partial charge on any atom is 0.338 e. The average Bonchev–Trinajstić information content (AvgIpc) is 2.60. The minimum atomic E-state index is -0.513. The maximum atomic E-state index is 12.0. The molecule has 1 amide bonds. The molecule has 7 nitrogen and oxygen atoms in total. The first-order chi connectivity index (χ1) is 12.0. The highest BCUT2D eigenvalue weighted by atomic mass is 16.6. The SMILES string of the molecule is CCOC(=O)c1cccc(NC(=O)/C=C/c2ccccc2[N+](=O)[O-])c1. The summed E-state index contributed by atoms with van der Waals surface area (Å²) in [6, 6.07) is 12.4. The van der Waals surface area contributed by atoms with Crippen molar-refractivity contribution < 1.29 is 19.2 Å². The molecule has 1 N–H and O–H groups in total. The summed E-state index contributed by atoms with van der Waals surface area (Å²) >= 11 is 0. The van der Waals surface area contributed by atoms with Crippen LogP contribution in [-0.4, -0.2) is 23.4 Å². The Morgan fingerprint density at radius 1 is 1.20 bits per heavy atom. The predicted octanol–water partition coefficient (Wildman–Crippen LogP) is 3.42. The Balaban J connectivity index is 2.09. The van der Waals surface area contributed by atoms with Gasteiger partial charge in [0.05, 0.1) is 22.7 Å². The fraction of sp³-hybridized carbons (Fsp3) is 0.111. The number of hydrogen-bond acceptors (Lipinski definition) is 5. The zero-order chi connectivity index (χ0) is 18.2. The van der Waals surface area contributed by atoms with Crippen molar-refractivity contribution in [2.24, 2.45) is 0 Å². The van der Waals surface area contributed by atoms with Crippen LogP contribution in [0.1, 0.15) is 22.8 Å². The van der Waals surface area contributed by atoms with Gasteiger partial charge in [-0.2, -0.15) is 0 Å². The van der Waals surface area contributed by atoms with Crippen molar-refractivity contribution in [1.82, 2.24) is 0 Å². The number of nitro groups is 1. The minimum absolute atomic E-state index is 0.0872. The van der Waals surface area contributed by atoms with Gasteiger partial charge in [0.2, 0.25) is 5.91 Å². The van der Waals surface area contributed by atoms with Crippen LogP contribution in [0.3, 0.4) is 0 Å². The first kappa shape index (κ1) is 17.9. The molecule has 0 saturated carbocycles. The molecule has 0 bridgehead atoms. The molecule has 0 radical (unpaired) electrons. The lowest BCUT2D eigenvalue weighted by atomic mass is 10.1. The predicted molar refractivity (Wildman–Crippen MR) is 93.2 cm³/mol. The molecule has 25 heavy (non-hydrogen) atoms. The van der Waals surface area contributed by atoms with Crippen LogP contribution in [0, 0.1) is 10.1 Å². The van der Waals surface area contributed by atoms with E-state index in [0.717, 1.165) is 0 Å². The van der Waals surface area contributed by atoms with Crippen LogP contribution in [-0.2, 0) is 9.53 Å². The molecule has 0 aliphatic heterocycles. The van der Waals surface area contributed by atoms with E-state index in [1.165, 1.54) is 24.3 Å². The number of nitro benzene ring substituents is 1. The van der Waals surface area contributed by atoms with Crippen molar-refractivity contribution in [3.8, 4) is 0 Å². The van der Waals surface area contributed by atoms with Crippen LogP contribution in [0.5, 0.6) is 0 Å². The van der Waals surface area contributed by atoms with E-state index in [1.807, 2.05) is 0 Å². The van der Waals surface area contributed by atoms with Crippen LogP contribution in [0.4, 0.5) is 11.4 Å². The molecular formula is C18H16N2O5. The Kier molecular flexibility index (Phi) is 6.00. The number of para-hydroxylation sites is 1. The molecule has 128 valence electrons. The largest absolute Gasteiger partial charge is 0.462 e. The topological polar surface area (TPSA) is 98.5 Å². The monoisotopic (exact) mass is 340 g/mol. The van der Waals surface area contributed by atoms with Crippen LogP contribution >= 0.6 is 0 Å². The smallest absolute Gasteiger partial charge is 0.338 e. The Bertz CT molecular complexity index is 830. The van der Waals surface area contributed by atoms with Crippen molar-refractivity contribution in [2.45, 2.75) is 6.92 Å². The molecule has 2 aromatic carbocycles. The number of rotatable bonds is 6. The van der Waals surface area contributed by atoms with E-state index in [0.29, 0.717) is 16.8 Å². The Morgan fingerprint density at radius 3 is 2.68 bits per heavy atom. The molecule has 0 fully saturated rings. The van der Waals surface area contributed by atoms with Crippen LogP contribution in [0.2, 0.25) is 0 Å². The second-order valence-corrected chi connectivity index (χ2v) is 4.94. The number of esters is 1. The van der Waals surface area contributed by atoms with Crippen molar-refractivity contribution >= 4 is 29.3 Å². The fourth-order valence-electron chi connectivity index (χ4n) is 2.08. The summed E-state index contributed by atoms with van der Waals surface area (Å²) in [5, 5.41) is 13.5. The number of carbonyl (C=O) groups excluding carboxylic acids is 2. The van der Waals surface area contributed by atoms with Crippen molar-refractivity contribution in [2.75, 3.05) is 11.9 Å². The number of anilines is 1. The number of benzene rings is 2. The van der Waals surface area contributed by atoms with Gasteiger partial charge in [0.25, 0.3) is 5.69 Å². The summed E-state index contributed by atoms with van der Waals surface area (Å²) in [7, 11) is 0. The summed E-state index contributed by atoms with van der Waals surface area (Å²) < 4.78 is 4.90. The molecule has 2 aromatic rings. The van der Waals surface area contributed by atoms with Crippen LogP contribution in [0.15, 0.2) is 54.6 Å². The number of ether oxygens (including phenoxy) is 1. The van der Waals surface area contributed by atoms with Crippen molar-refractivity contribution in [3.63, 3.8) is 0 Å². The van der Waals surface area contributed by atoms with Crippen LogP contribution in [0.25, 0.3) is 6.08 Å². The molecule has 7 heteroatoms. The Morgan fingerprint density at radius 2 is 1.96 bits per heavy atom. The number of nitrogens with zero attached hydrogens (tertiary/aromatic N) is 1. The summed E-state index contributed by atoms with van der Waals surface area (Å²) in [4.78, 5) is 34.1. The van der Waals surface area contributed by atoms with Gasteiger partial charge in [0.15, 0.2) is 0 Å². The molecule has 0 spiro atoms. The molecular weight excluding hydrogens is 324 g/mol. The van der Waals surface area contributed by atoms with Crippen molar-refractivity contribution in [1.29, 1.82) is 0 Å². The molecule has 0 aliphatic rings. The quantitative estimate of drug-likeness (QED) is 0.376. The van der Waals surface area contributed by atoms with Gasteiger partial charge in [-0.05, 0) is 37.3 Å². The fourth-order valence-corrected chi connectivity index (χ4v) is 2.08. The highest BCUT2D eigenvalue weighted by Crippen LogP contribution is 2.19. The van der Waals surface area contributed by atoms with E-state index in [2.05, 4.69) is 5.32 Å². The second-order valence-electron chi connectivity index (χ2n) is 4.94. The average molecular weight is 340 g/mol. The van der Waals surface area contributed by atoms with Gasteiger partial charge in [0, 0.05) is 17.8 Å². The van der Waals surface area contributed by atoms with Gasteiger partial charge in [-0.15, -0.1) is 0 Å². The summed E-state index contributed by atoms with van der Waals surface area (Å²) in [5.41, 5.74) is 0.976. The van der Waals surface area contributed by atoms with Gasteiger partial charge in [-0.3, -0.25) is 14.9 Å². The molecule has 0 heterocycles. The third kappa shape index (κ3) is 5.00. The highest BCUT2D eigenvalue weighted by molar-refractivity contribution is 6.03. The molecule has 0 atom stereocenters.